The lowest BCUT2D eigenvalue weighted by atomic mass is 9.89. The molecule has 0 aliphatic heterocycles. The van der Waals surface area contributed by atoms with Crippen LogP contribution in [0.1, 0.15) is 32.6 Å². The third-order valence-corrected chi connectivity index (χ3v) is 3.96. The van der Waals surface area contributed by atoms with Gasteiger partial charge in [0.2, 0.25) is 0 Å². The topological polar surface area (TPSA) is 46.9 Å². The monoisotopic (exact) mass is 255 g/mol. The number of anilines is 1. The van der Waals surface area contributed by atoms with Gasteiger partial charge in [-0.15, -0.1) is 0 Å². The van der Waals surface area contributed by atoms with Gasteiger partial charge < -0.3 is 5.32 Å². The Kier molecular flexibility index (Phi) is 3.43. The summed E-state index contributed by atoms with van der Waals surface area (Å²) in [7, 11) is 1.59. The van der Waals surface area contributed by atoms with Crippen molar-refractivity contribution in [3.05, 3.63) is 21.6 Å². The molecule has 0 unspecified atom stereocenters. The summed E-state index contributed by atoms with van der Waals surface area (Å²) >= 11 is 5.99. The first-order chi connectivity index (χ1) is 8.02. The van der Waals surface area contributed by atoms with Gasteiger partial charge in [0.05, 0.1) is 11.9 Å². The maximum Gasteiger partial charge on any atom is 0.287 e. The highest BCUT2D eigenvalue weighted by molar-refractivity contribution is 6.32. The zero-order chi connectivity index (χ0) is 12.5. The second-order valence-electron chi connectivity index (χ2n) is 5.17. The molecule has 1 saturated carbocycles. The van der Waals surface area contributed by atoms with Crippen molar-refractivity contribution in [2.45, 2.75) is 32.6 Å². The number of aromatic nitrogens is 2. The molecule has 0 radical (unpaired) electrons. The zero-order valence-corrected chi connectivity index (χ0v) is 11.0. The molecule has 17 heavy (non-hydrogen) atoms. The average Bonchev–Trinajstić information content (AvgIpc) is 2.73. The first-order valence-corrected chi connectivity index (χ1v) is 6.35. The van der Waals surface area contributed by atoms with E-state index in [4.69, 9.17) is 11.6 Å². The van der Waals surface area contributed by atoms with Gasteiger partial charge >= 0.3 is 0 Å². The number of hydrogen-bond acceptors (Lipinski definition) is 3. The lowest BCUT2D eigenvalue weighted by molar-refractivity contribution is 0.362. The van der Waals surface area contributed by atoms with E-state index in [0.717, 1.165) is 6.54 Å². The van der Waals surface area contributed by atoms with Crippen LogP contribution in [-0.4, -0.2) is 16.3 Å². The minimum Gasteiger partial charge on any atom is -0.382 e. The Hall–Kier alpha value is -1.03. The Labute approximate surface area is 106 Å². The van der Waals surface area contributed by atoms with Crippen molar-refractivity contribution in [1.82, 2.24) is 9.78 Å². The molecule has 1 N–H and O–H groups in total. The molecule has 5 heteroatoms. The first kappa shape index (κ1) is 12.4. The predicted molar refractivity (Wildman–Crippen MR) is 69.6 cm³/mol. The van der Waals surface area contributed by atoms with Crippen molar-refractivity contribution in [1.29, 1.82) is 0 Å². The molecular weight excluding hydrogens is 238 g/mol. The third kappa shape index (κ3) is 2.63. The van der Waals surface area contributed by atoms with E-state index >= 15 is 0 Å². The van der Waals surface area contributed by atoms with Gasteiger partial charge in [-0.05, 0) is 18.3 Å². The van der Waals surface area contributed by atoms with E-state index in [1.165, 1.54) is 30.4 Å². The molecule has 1 aromatic heterocycles. The summed E-state index contributed by atoms with van der Waals surface area (Å²) in [5.74, 6) is 0. The van der Waals surface area contributed by atoms with E-state index in [9.17, 15) is 4.79 Å². The fourth-order valence-electron chi connectivity index (χ4n) is 2.35. The van der Waals surface area contributed by atoms with E-state index in [-0.39, 0.29) is 10.6 Å². The molecule has 0 aromatic carbocycles. The number of halogens is 1. The quantitative estimate of drug-likeness (QED) is 0.902. The summed E-state index contributed by atoms with van der Waals surface area (Å²) < 4.78 is 1.24. The Bertz CT molecular complexity index is 463. The van der Waals surface area contributed by atoms with Crippen molar-refractivity contribution in [2.24, 2.45) is 12.5 Å². The van der Waals surface area contributed by atoms with Crippen molar-refractivity contribution >= 4 is 17.3 Å². The SMILES string of the molecule is Cn1ncc(NCC2(C)CCCC2)c(Cl)c1=O. The molecule has 1 fully saturated rings. The lowest BCUT2D eigenvalue weighted by Gasteiger charge is -2.24. The van der Waals surface area contributed by atoms with Crippen LogP contribution in [0, 0.1) is 5.41 Å². The van der Waals surface area contributed by atoms with Crippen LogP contribution >= 0.6 is 11.6 Å². The molecule has 2 rings (SSSR count). The van der Waals surface area contributed by atoms with Gasteiger partial charge in [0, 0.05) is 13.6 Å². The van der Waals surface area contributed by atoms with E-state index in [0.29, 0.717) is 11.1 Å². The van der Waals surface area contributed by atoms with Crippen LogP contribution in [0.5, 0.6) is 0 Å². The summed E-state index contributed by atoms with van der Waals surface area (Å²) in [5, 5.41) is 7.45. The van der Waals surface area contributed by atoms with Gasteiger partial charge in [-0.3, -0.25) is 4.79 Å². The summed E-state index contributed by atoms with van der Waals surface area (Å²) in [4.78, 5) is 11.6. The molecular formula is C12H18ClN3O. The van der Waals surface area contributed by atoms with Gasteiger partial charge in [0.25, 0.3) is 5.56 Å². The van der Waals surface area contributed by atoms with Gasteiger partial charge in [0.1, 0.15) is 5.02 Å². The molecule has 0 atom stereocenters. The Morgan fingerprint density at radius 3 is 2.82 bits per heavy atom. The van der Waals surface area contributed by atoms with Gasteiger partial charge in [-0.1, -0.05) is 31.4 Å². The van der Waals surface area contributed by atoms with Gasteiger partial charge in [-0.2, -0.15) is 5.10 Å². The molecule has 1 aromatic rings. The standard InChI is InChI=1S/C12H18ClN3O/c1-12(5-3-4-6-12)8-14-9-7-15-16(2)11(17)10(9)13/h7,14H,3-6,8H2,1-2H3. The molecule has 0 bridgehead atoms. The second kappa shape index (κ2) is 4.69. The zero-order valence-electron chi connectivity index (χ0n) is 10.3. The number of hydrogen-bond donors (Lipinski definition) is 1. The molecule has 0 amide bonds. The van der Waals surface area contributed by atoms with Crippen LogP contribution in [0.2, 0.25) is 5.02 Å². The van der Waals surface area contributed by atoms with Crippen LogP contribution in [-0.2, 0) is 7.05 Å². The maximum atomic E-state index is 11.6. The van der Waals surface area contributed by atoms with Crippen molar-refractivity contribution in [3.63, 3.8) is 0 Å². The smallest absolute Gasteiger partial charge is 0.287 e. The molecule has 94 valence electrons. The number of nitrogens with zero attached hydrogens (tertiary/aromatic N) is 2. The molecule has 1 aliphatic carbocycles. The molecule has 4 nitrogen and oxygen atoms in total. The van der Waals surface area contributed by atoms with Crippen molar-refractivity contribution in [3.8, 4) is 0 Å². The highest BCUT2D eigenvalue weighted by atomic mass is 35.5. The Morgan fingerprint density at radius 1 is 1.53 bits per heavy atom. The maximum absolute atomic E-state index is 11.6. The molecule has 0 spiro atoms. The van der Waals surface area contributed by atoms with Crippen LogP contribution < -0.4 is 10.9 Å². The fourth-order valence-corrected chi connectivity index (χ4v) is 2.59. The van der Waals surface area contributed by atoms with Gasteiger partial charge in [-0.25, -0.2) is 4.68 Å². The average molecular weight is 256 g/mol. The molecule has 1 aliphatic rings. The Balaban J connectivity index is 2.09. The number of nitrogens with one attached hydrogen (secondary N) is 1. The summed E-state index contributed by atoms with van der Waals surface area (Å²) in [5.41, 5.74) is 0.709. The third-order valence-electron chi connectivity index (χ3n) is 3.59. The van der Waals surface area contributed by atoms with E-state index in [2.05, 4.69) is 17.3 Å². The second-order valence-corrected chi connectivity index (χ2v) is 5.55. The number of rotatable bonds is 3. The van der Waals surface area contributed by atoms with E-state index in [1.54, 1.807) is 13.2 Å². The van der Waals surface area contributed by atoms with Crippen LogP contribution in [0.4, 0.5) is 5.69 Å². The lowest BCUT2D eigenvalue weighted by Crippen LogP contribution is -2.26. The normalized spacial score (nSPS) is 18.3. The van der Waals surface area contributed by atoms with E-state index in [1.807, 2.05) is 0 Å². The first-order valence-electron chi connectivity index (χ1n) is 5.98. The minimum absolute atomic E-state index is 0.226. The van der Waals surface area contributed by atoms with Crippen molar-refractivity contribution < 1.29 is 0 Å². The number of aryl methyl sites for hydroxylation is 1. The van der Waals surface area contributed by atoms with Crippen LogP contribution in [0.3, 0.4) is 0 Å². The largest absolute Gasteiger partial charge is 0.382 e. The summed E-state index contributed by atoms with van der Waals surface area (Å²) in [6.07, 6.45) is 6.66. The fraction of sp³-hybridized carbons (Fsp3) is 0.667. The Morgan fingerprint density at radius 2 is 2.18 bits per heavy atom. The van der Waals surface area contributed by atoms with Gasteiger partial charge in [0.15, 0.2) is 0 Å². The highest BCUT2D eigenvalue weighted by Gasteiger charge is 2.28. The van der Waals surface area contributed by atoms with Crippen molar-refractivity contribution in [2.75, 3.05) is 11.9 Å². The van der Waals surface area contributed by atoms with Crippen LogP contribution in [0.15, 0.2) is 11.0 Å². The van der Waals surface area contributed by atoms with Crippen LogP contribution in [0.25, 0.3) is 0 Å². The minimum atomic E-state index is -0.256. The summed E-state index contributed by atoms with van der Waals surface area (Å²) in [6, 6.07) is 0. The molecule has 0 saturated heterocycles. The highest BCUT2D eigenvalue weighted by Crippen LogP contribution is 2.37. The summed E-state index contributed by atoms with van der Waals surface area (Å²) in [6.45, 7) is 3.12. The van der Waals surface area contributed by atoms with E-state index < -0.39 is 0 Å². The predicted octanol–water partition coefficient (Wildman–Crippen LogP) is 2.43. The molecule has 1 heterocycles.